The molecule has 0 aliphatic carbocycles. The molecule has 4 nitrogen and oxygen atoms in total. The molecule has 2 aromatic heterocycles. The minimum atomic E-state index is 0.668. The Morgan fingerprint density at radius 2 is 1.48 bits per heavy atom. The lowest BCUT2D eigenvalue weighted by atomic mass is 10.0. The van der Waals surface area contributed by atoms with Crippen LogP contribution in [0.4, 0.5) is 0 Å². The molecule has 0 saturated carbocycles. The van der Waals surface area contributed by atoms with Crippen LogP contribution in [-0.4, -0.2) is 21.4 Å². The zero-order chi connectivity index (χ0) is 19.0. The second-order valence-electron chi connectivity index (χ2n) is 6.68. The highest BCUT2D eigenvalue weighted by Crippen LogP contribution is 2.36. The number of rotatable bonds is 4. The van der Waals surface area contributed by atoms with Gasteiger partial charge in [0.2, 0.25) is 0 Å². The first-order valence-corrected chi connectivity index (χ1v) is 9.25. The first-order chi connectivity index (χ1) is 13.1. The van der Waals surface area contributed by atoms with Gasteiger partial charge in [0.15, 0.2) is 0 Å². The molecule has 0 unspecified atom stereocenters. The van der Waals surface area contributed by atoms with Crippen molar-refractivity contribution in [3.8, 4) is 22.7 Å². The van der Waals surface area contributed by atoms with Crippen molar-refractivity contribution in [2.45, 2.75) is 27.7 Å². The van der Waals surface area contributed by atoms with Crippen LogP contribution < -0.4 is 4.74 Å². The van der Waals surface area contributed by atoms with E-state index in [2.05, 4.69) is 52.9 Å². The van der Waals surface area contributed by atoms with E-state index in [4.69, 9.17) is 4.74 Å². The van der Waals surface area contributed by atoms with E-state index in [1.807, 2.05) is 44.2 Å². The summed E-state index contributed by atoms with van der Waals surface area (Å²) in [4.78, 5) is 0. The minimum Gasteiger partial charge on any atom is -0.494 e. The molecule has 0 atom stereocenters. The number of benzene rings is 2. The largest absolute Gasteiger partial charge is 0.494 e. The third-order valence-electron chi connectivity index (χ3n) is 5.00. The highest BCUT2D eigenvalue weighted by atomic mass is 16.5. The fourth-order valence-electron chi connectivity index (χ4n) is 3.84. The maximum atomic E-state index is 5.58. The van der Waals surface area contributed by atoms with Gasteiger partial charge in [0.05, 0.1) is 12.3 Å². The lowest BCUT2D eigenvalue weighted by Crippen LogP contribution is -1.99. The van der Waals surface area contributed by atoms with Gasteiger partial charge >= 0.3 is 0 Å². The highest BCUT2D eigenvalue weighted by Gasteiger charge is 2.20. The zero-order valence-corrected chi connectivity index (χ0v) is 16.2. The maximum absolute atomic E-state index is 5.58. The molecule has 0 N–H and O–H groups in total. The van der Waals surface area contributed by atoms with Crippen molar-refractivity contribution in [1.29, 1.82) is 0 Å². The number of aromatic nitrogens is 3. The predicted molar refractivity (Wildman–Crippen MR) is 110 cm³/mol. The molecule has 4 aromatic rings. The predicted octanol–water partition coefficient (Wildman–Crippen LogP) is 5.41. The average Bonchev–Trinajstić information content (AvgIpc) is 2.96. The van der Waals surface area contributed by atoms with Crippen LogP contribution in [0.15, 0.2) is 54.6 Å². The molecule has 0 bridgehead atoms. The summed E-state index contributed by atoms with van der Waals surface area (Å²) in [6.45, 7) is 8.99. The van der Waals surface area contributed by atoms with Crippen molar-refractivity contribution in [2.24, 2.45) is 0 Å². The molecule has 2 heterocycles. The molecule has 0 radical (unpaired) electrons. The van der Waals surface area contributed by atoms with E-state index < -0.39 is 0 Å². The number of fused-ring (bicyclic) bond motifs is 1. The fraction of sp³-hybridized carbons (Fsp3) is 0.217. The smallest absolute Gasteiger partial charge is 0.119 e. The summed E-state index contributed by atoms with van der Waals surface area (Å²) in [7, 11) is 0. The number of nitrogens with zero attached hydrogens (tertiary/aromatic N) is 3. The minimum absolute atomic E-state index is 0.668. The molecule has 4 heteroatoms. The summed E-state index contributed by atoms with van der Waals surface area (Å²) in [6, 6.07) is 18.5. The Kier molecular flexibility index (Phi) is 4.40. The third kappa shape index (κ3) is 2.87. The van der Waals surface area contributed by atoms with Crippen molar-refractivity contribution in [3.05, 3.63) is 71.7 Å². The molecule has 0 amide bonds. The second kappa shape index (κ2) is 6.88. The Morgan fingerprint density at radius 3 is 2.15 bits per heavy atom. The van der Waals surface area contributed by atoms with Crippen LogP contribution in [-0.2, 0) is 0 Å². The highest BCUT2D eigenvalue weighted by molar-refractivity contribution is 6.00. The molecule has 0 spiro atoms. The Balaban J connectivity index is 1.97. The molecule has 0 aliphatic heterocycles. The van der Waals surface area contributed by atoms with E-state index in [9.17, 15) is 0 Å². The van der Waals surface area contributed by atoms with Crippen LogP contribution in [0.2, 0.25) is 0 Å². The van der Waals surface area contributed by atoms with E-state index in [0.717, 1.165) is 28.4 Å². The Hall–Kier alpha value is -3.14. The van der Waals surface area contributed by atoms with Crippen LogP contribution >= 0.6 is 0 Å². The molecule has 27 heavy (non-hydrogen) atoms. The van der Waals surface area contributed by atoms with E-state index in [1.165, 1.54) is 22.2 Å². The summed E-state index contributed by atoms with van der Waals surface area (Å²) in [6.07, 6.45) is 0. The van der Waals surface area contributed by atoms with E-state index in [1.54, 1.807) is 0 Å². The summed E-state index contributed by atoms with van der Waals surface area (Å²) < 4.78 is 7.86. The van der Waals surface area contributed by atoms with Crippen LogP contribution in [0.5, 0.6) is 5.75 Å². The standard InChI is InChI=1S/C23H23N3O/c1-5-27-20-13-11-19(12-14-20)26-16(3)21-15(2)24-25-23(22(21)17(26)4)18-9-7-6-8-10-18/h6-14H,5H2,1-4H3. The van der Waals surface area contributed by atoms with Gasteiger partial charge in [-0.15, -0.1) is 5.10 Å². The molecular formula is C23H23N3O. The summed E-state index contributed by atoms with van der Waals surface area (Å²) in [5, 5.41) is 11.3. The van der Waals surface area contributed by atoms with Gasteiger partial charge in [0.1, 0.15) is 11.4 Å². The normalized spacial score (nSPS) is 11.1. The Morgan fingerprint density at radius 1 is 0.815 bits per heavy atom. The molecule has 2 aromatic carbocycles. The van der Waals surface area contributed by atoms with Crippen LogP contribution in [0.1, 0.15) is 24.0 Å². The first kappa shape index (κ1) is 17.3. The SMILES string of the molecule is CCOc1ccc(-n2c(C)c3c(C)nnc(-c4ccccc4)c3c2C)cc1. The van der Waals surface area contributed by atoms with E-state index in [0.29, 0.717) is 6.61 Å². The summed E-state index contributed by atoms with van der Waals surface area (Å²) in [5.41, 5.74) is 6.43. The van der Waals surface area contributed by atoms with Gasteiger partial charge in [0, 0.05) is 33.4 Å². The van der Waals surface area contributed by atoms with Crippen molar-refractivity contribution < 1.29 is 4.74 Å². The van der Waals surface area contributed by atoms with Crippen LogP contribution in [0.3, 0.4) is 0 Å². The maximum Gasteiger partial charge on any atom is 0.119 e. The lowest BCUT2D eigenvalue weighted by molar-refractivity contribution is 0.340. The van der Waals surface area contributed by atoms with Crippen molar-refractivity contribution in [2.75, 3.05) is 6.61 Å². The first-order valence-electron chi connectivity index (χ1n) is 9.25. The second-order valence-corrected chi connectivity index (χ2v) is 6.68. The lowest BCUT2D eigenvalue weighted by Gasteiger charge is -2.11. The van der Waals surface area contributed by atoms with Crippen LogP contribution in [0, 0.1) is 20.8 Å². The van der Waals surface area contributed by atoms with Gasteiger partial charge in [0.25, 0.3) is 0 Å². The number of aryl methyl sites for hydroxylation is 3. The van der Waals surface area contributed by atoms with Crippen molar-refractivity contribution >= 4 is 10.8 Å². The molecule has 0 fully saturated rings. The monoisotopic (exact) mass is 357 g/mol. The van der Waals surface area contributed by atoms with Crippen LogP contribution in [0.25, 0.3) is 27.7 Å². The molecule has 0 aliphatic rings. The Bertz CT molecular complexity index is 1100. The molecule has 136 valence electrons. The number of hydrogen-bond donors (Lipinski definition) is 0. The molecule has 0 saturated heterocycles. The molecule has 4 rings (SSSR count). The van der Waals surface area contributed by atoms with Gasteiger partial charge in [-0.3, -0.25) is 0 Å². The van der Waals surface area contributed by atoms with Gasteiger partial charge < -0.3 is 9.30 Å². The quantitative estimate of drug-likeness (QED) is 0.490. The van der Waals surface area contributed by atoms with Gasteiger partial charge in [-0.2, -0.15) is 5.10 Å². The van der Waals surface area contributed by atoms with Crippen molar-refractivity contribution in [3.63, 3.8) is 0 Å². The number of hydrogen-bond acceptors (Lipinski definition) is 3. The third-order valence-corrected chi connectivity index (χ3v) is 5.00. The van der Waals surface area contributed by atoms with Crippen molar-refractivity contribution in [1.82, 2.24) is 14.8 Å². The number of ether oxygens (including phenoxy) is 1. The topological polar surface area (TPSA) is 39.9 Å². The fourth-order valence-corrected chi connectivity index (χ4v) is 3.84. The Labute approximate surface area is 159 Å². The van der Waals surface area contributed by atoms with Gasteiger partial charge in [-0.05, 0) is 52.0 Å². The van der Waals surface area contributed by atoms with E-state index in [-0.39, 0.29) is 0 Å². The average molecular weight is 357 g/mol. The summed E-state index contributed by atoms with van der Waals surface area (Å²) in [5.74, 6) is 0.887. The zero-order valence-electron chi connectivity index (χ0n) is 16.2. The van der Waals surface area contributed by atoms with Gasteiger partial charge in [-0.1, -0.05) is 30.3 Å². The van der Waals surface area contributed by atoms with Gasteiger partial charge in [-0.25, -0.2) is 0 Å². The molecular weight excluding hydrogens is 334 g/mol. The summed E-state index contributed by atoms with van der Waals surface area (Å²) >= 11 is 0. The van der Waals surface area contributed by atoms with E-state index >= 15 is 0 Å².